The molecule has 7 nitrogen and oxygen atoms in total. The molecule has 4 rings (SSSR count). The Bertz CT molecular complexity index is 941. The Morgan fingerprint density at radius 1 is 1.28 bits per heavy atom. The lowest BCUT2D eigenvalue weighted by Crippen LogP contribution is -2.63. The molecule has 0 bridgehead atoms. The summed E-state index contributed by atoms with van der Waals surface area (Å²) in [6.45, 7) is 9.90. The third-order valence-electron chi connectivity index (χ3n) is 5.53. The first-order valence-electron chi connectivity index (χ1n) is 10.3. The predicted molar refractivity (Wildman–Crippen MR) is 116 cm³/mol. The average molecular weight is 395 g/mol. The Morgan fingerprint density at radius 2 is 2.03 bits per heavy atom. The van der Waals surface area contributed by atoms with E-state index in [2.05, 4.69) is 48.5 Å². The molecule has 2 N–H and O–H groups in total. The number of fused-ring (bicyclic) bond motifs is 1. The van der Waals surface area contributed by atoms with Crippen molar-refractivity contribution < 1.29 is 4.79 Å². The second-order valence-electron chi connectivity index (χ2n) is 9.03. The van der Waals surface area contributed by atoms with Crippen LogP contribution in [-0.4, -0.2) is 50.4 Å². The predicted octanol–water partition coefficient (Wildman–Crippen LogP) is 3.29. The van der Waals surface area contributed by atoms with Gasteiger partial charge in [-0.15, -0.1) is 0 Å². The third kappa shape index (κ3) is 3.99. The Labute approximate surface area is 172 Å². The molecule has 7 heteroatoms. The van der Waals surface area contributed by atoms with Crippen molar-refractivity contribution in [3.05, 3.63) is 42.5 Å². The molecule has 154 valence electrons. The highest BCUT2D eigenvalue weighted by Crippen LogP contribution is 2.37. The van der Waals surface area contributed by atoms with Crippen molar-refractivity contribution in [2.75, 3.05) is 23.7 Å². The van der Waals surface area contributed by atoms with E-state index in [0.29, 0.717) is 13.1 Å². The van der Waals surface area contributed by atoms with E-state index >= 15 is 0 Å². The minimum atomic E-state index is -0.403. The van der Waals surface area contributed by atoms with Gasteiger partial charge in [-0.2, -0.15) is 0 Å². The maximum atomic E-state index is 13.1. The summed E-state index contributed by atoms with van der Waals surface area (Å²) in [6, 6.07) is 8.18. The number of benzene rings is 1. The average Bonchev–Trinajstić information content (AvgIpc) is 3.06. The molecule has 1 aromatic heterocycles. The molecule has 2 aliphatic heterocycles. The highest BCUT2D eigenvalue weighted by Gasteiger charge is 2.45. The summed E-state index contributed by atoms with van der Waals surface area (Å²) in [4.78, 5) is 24.3. The van der Waals surface area contributed by atoms with Crippen LogP contribution in [0.15, 0.2) is 41.7 Å². The number of amidine groups is 1. The minimum absolute atomic E-state index is 0.112. The van der Waals surface area contributed by atoms with Crippen molar-refractivity contribution in [1.82, 2.24) is 14.5 Å². The van der Waals surface area contributed by atoms with Crippen LogP contribution in [0.4, 0.5) is 11.4 Å². The zero-order chi connectivity index (χ0) is 20.6. The number of anilines is 2. The van der Waals surface area contributed by atoms with Gasteiger partial charge in [0, 0.05) is 18.9 Å². The van der Waals surface area contributed by atoms with Gasteiger partial charge in [-0.05, 0) is 52.7 Å². The third-order valence-corrected chi connectivity index (χ3v) is 5.53. The summed E-state index contributed by atoms with van der Waals surface area (Å²) >= 11 is 0. The molecule has 0 saturated carbocycles. The standard InChI is InChI=1S/C22H30N6O/c1-16-23-11-13-27(16)14-19(29)28-12-7-10-22(15-28)20(26-21(2,3)4)24-17-8-5-6-9-18(17)25-22/h5-6,8-9,11,13,25H,7,10,12,14-15H2,1-4H3,(H,24,26). The molecule has 1 aromatic carbocycles. The van der Waals surface area contributed by atoms with Crippen LogP contribution in [0.25, 0.3) is 0 Å². The monoisotopic (exact) mass is 394 g/mol. The zero-order valence-electron chi connectivity index (χ0n) is 17.7. The molecular formula is C22H30N6O. The van der Waals surface area contributed by atoms with Crippen molar-refractivity contribution in [2.24, 2.45) is 4.99 Å². The number of aliphatic imine (C=N–C) groups is 1. The van der Waals surface area contributed by atoms with Crippen LogP contribution in [-0.2, 0) is 11.3 Å². The van der Waals surface area contributed by atoms with Gasteiger partial charge in [0.2, 0.25) is 5.91 Å². The number of piperidine rings is 1. The molecule has 29 heavy (non-hydrogen) atoms. The van der Waals surface area contributed by atoms with Crippen molar-refractivity contribution >= 4 is 23.1 Å². The molecule has 1 unspecified atom stereocenters. The fourth-order valence-corrected chi connectivity index (χ4v) is 4.12. The Balaban J connectivity index is 1.64. The normalized spacial score (nSPS) is 22.9. The highest BCUT2D eigenvalue weighted by molar-refractivity contribution is 6.10. The first-order chi connectivity index (χ1) is 13.8. The summed E-state index contributed by atoms with van der Waals surface area (Å²) in [5, 5.41) is 7.30. The number of nitrogens with one attached hydrogen (secondary N) is 2. The van der Waals surface area contributed by atoms with Gasteiger partial charge in [0.1, 0.15) is 23.7 Å². The van der Waals surface area contributed by atoms with Crippen LogP contribution in [0.1, 0.15) is 39.4 Å². The maximum absolute atomic E-state index is 13.1. The second kappa shape index (κ2) is 7.21. The largest absolute Gasteiger partial charge is 0.370 e. The van der Waals surface area contributed by atoms with Crippen molar-refractivity contribution in [2.45, 2.75) is 58.2 Å². The van der Waals surface area contributed by atoms with Crippen LogP contribution in [0.3, 0.4) is 0 Å². The molecule has 2 aromatic rings. The van der Waals surface area contributed by atoms with E-state index < -0.39 is 5.54 Å². The molecule has 0 aliphatic carbocycles. The lowest BCUT2D eigenvalue weighted by Gasteiger charge is -2.48. The number of carbonyl (C=O) groups is 1. The first kappa shape index (κ1) is 19.5. The number of carbonyl (C=O) groups excluding carboxylic acids is 1. The van der Waals surface area contributed by atoms with Crippen LogP contribution >= 0.6 is 0 Å². The van der Waals surface area contributed by atoms with E-state index in [1.807, 2.05) is 34.7 Å². The molecule has 1 spiro atoms. The Kier molecular flexibility index (Phi) is 4.84. The maximum Gasteiger partial charge on any atom is 0.242 e. The van der Waals surface area contributed by atoms with E-state index in [4.69, 9.17) is 4.99 Å². The number of nitrogens with zero attached hydrogens (tertiary/aromatic N) is 4. The molecule has 1 saturated heterocycles. The number of hydrogen-bond donors (Lipinski definition) is 2. The SMILES string of the molecule is Cc1nccn1CC(=O)N1CCCC2(C1)Nc1ccccc1NC2=NC(C)(C)C. The smallest absolute Gasteiger partial charge is 0.242 e. The van der Waals surface area contributed by atoms with E-state index in [-0.39, 0.29) is 11.4 Å². The molecule has 1 fully saturated rings. The molecule has 0 radical (unpaired) electrons. The number of para-hydroxylation sites is 2. The van der Waals surface area contributed by atoms with Gasteiger partial charge < -0.3 is 20.1 Å². The van der Waals surface area contributed by atoms with Crippen LogP contribution in [0.5, 0.6) is 0 Å². The summed E-state index contributed by atoms with van der Waals surface area (Å²) in [5.41, 5.74) is 1.46. The summed E-state index contributed by atoms with van der Waals surface area (Å²) in [5.74, 6) is 1.88. The number of aryl methyl sites for hydroxylation is 1. The van der Waals surface area contributed by atoms with Gasteiger partial charge in [-0.1, -0.05) is 12.1 Å². The fraction of sp³-hybridized carbons (Fsp3) is 0.500. The van der Waals surface area contributed by atoms with E-state index in [9.17, 15) is 4.79 Å². The lowest BCUT2D eigenvalue weighted by molar-refractivity contribution is -0.133. The summed E-state index contributed by atoms with van der Waals surface area (Å²) in [7, 11) is 0. The number of imidazole rings is 1. The van der Waals surface area contributed by atoms with E-state index in [1.54, 1.807) is 6.20 Å². The van der Waals surface area contributed by atoms with Gasteiger partial charge in [-0.3, -0.25) is 9.79 Å². The van der Waals surface area contributed by atoms with E-state index in [0.717, 1.165) is 42.4 Å². The quantitative estimate of drug-likeness (QED) is 0.820. The van der Waals surface area contributed by atoms with Crippen LogP contribution in [0, 0.1) is 6.92 Å². The molecule has 1 atom stereocenters. The number of likely N-dealkylation sites (tertiary alicyclic amines) is 1. The van der Waals surface area contributed by atoms with Crippen LogP contribution < -0.4 is 10.6 Å². The molecule has 2 aliphatic rings. The molecular weight excluding hydrogens is 364 g/mol. The van der Waals surface area contributed by atoms with Gasteiger partial charge in [-0.25, -0.2) is 4.98 Å². The minimum Gasteiger partial charge on any atom is -0.370 e. The number of aromatic nitrogens is 2. The lowest BCUT2D eigenvalue weighted by atomic mass is 9.84. The number of rotatable bonds is 2. The van der Waals surface area contributed by atoms with Crippen molar-refractivity contribution in [3.8, 4) is 0 Å². The van der Waals surface area contributed by atoms with Gasteiger partial charge >= 0.3 is 0 Å². The van der Waals surface area contributed by atoms with Gasteiger partial charge in [0.25, 0.3) is 0 Å². The second-order valence-corrected chi connectivity index (χ2v) is 9.03. The van der Waals surface area contributed by atoms with Crippen molar-refractivity contribution in [3.63, 3.8) is 0 Å². The van der Waals surface area contributed by atoms with Crippen LogP contribution in [0.2, 0.25) is 0 Å². The van der Waals surface area contributed by atoms with Gasteiger partial charge in [0.15, 0.2) is 0 Å². The van der Waals surface area contributed by atoms with E-state index in [1.165, 1.54) is 0 Å². The summed E-state index contributed by atoms with van der Waals surface area (Å²) < 4.78 is 1.90. The topological polar surface area (TPSA) is 74.6 Å². The Hall–Kier alpha value is -2.83. The number of hydrogen-bond acceptors (Lipinski definition) is 4. The zero-order valence-corrected chi connectivity index (χ0v) is 17.7. The molecule has 3 heterocycles. The van der Waals surface area contributed by atoms with Gasteiger partial charge in [0.05, 0.1) is 23.5 Å². The Morgan fingerprint density at radius 3 is 2.72 bits per heavy atom. The first-order valence-corrected chi connectivity index (χ1v) is 10.3. The number of amides is 1. The fourth-order valence-electron chi connectivity index (χ4n) is 4.12. The molecule has 1 amide bonds. The van der Waals surface area contributed by atoms with Crippen molar-refractivity contribution in [1.29, 1.82) is 0 Å². The summed E-state index contributed by atoms with van der Waals surface area (Å²) in [6.07, 6.45) is 5.44. The highest BCUT2D eigenvalue weighted by atomic mass is 16.2.